The van der Waals surface area contributed by atoms with Crippen molar-refractivity contribution in [2.45, 2.75) is 37.5 Å². The Hall–Kier alpha value is -0.0500. The molecule has 1 heteroatoms. The Balaban J connectivity index is 2.36. The molecule has 0 amide bonds. The number of hydrogen-bond donors (Lipinski definition) is 0. The highest BCUT2D eigenvalue weighted by Gasteiger charge is 2.63. The van der Waals surface area contributed by atoms with Crippen LogP contribution in [0.5, 0.6) is 0 Å². The molecule has 0 N–H and O–H groups in total. The Kier molecular flexibility index (Phi) is 1.05. The van der Waals surface area contributed by atoms with Crippen molar-refractivity contribution in [3.63, 3.8) is 0 Å². The van der Waals surface area contributed by atoms with Gasteiger partial charge in [-0.05, 0) is 18.1 Å². The van der Waals surface area contributed by atoms with Gasteiger partial charge < -0.3 is 0 Å². The van der Waals surface area contributed by atoms with Crippen LogP contribution >= 0.6 is 8.58 Å². The maximum absolute atomic E-state index is 3.39. The van der Waals surface area contributed by atoms with Gasteiger partial charge in [-0.2, -0.15) is 0 Å². The highest BCUT2D eigenvalue weighted by atomic mass is 31.1. The summed E-state index contributed by atoms with van der Waals surface area (Å²) in [5, 5.41) is 1.07. The van der Waals surface area contributed by atoms with Crippen molar-refractivity contribution >= 4 is 8.58 Å². The molecule has 0 saturated carbocycles. The maximum atomic E-state index is 3.39. The molecule has 1 saturated heterocycles. The average molecular weight is 152 g/mol. The summed E-state index contributed by atoms with van der Waals surface area (Å²) >= 11 is 0. The number of hydrogen-bond acceptors (Lipinski definition) is 0. The second-order valence-corrected chi connectivity index (χ2v) is 5.86. The Morgan fingerprint density at radius 1 is 1.60 bits per heavy atom. The van der Waals surface area contributed by atoms with Crippen molar-refractivity contribution in [3.8, 4) is 0 Å². The maximum Gasteiger partial charge on any atom is 0.0272 e. The molecule has 0 aromatic carbocycles. The van der Waals surface area contributed by atoms with Crippen LogP contribution in [-0.4, -0.2) is 10.3 Å². The molecule has 0 radical (unpaired) electrons. The van der Waals surface area contributed by atoms with E-state index in [9.17, 15) is 0 Å². The molecule has 0 spiro atoms. The van der Waals surface area contributed by atoms with Crippen molar-refractivity contribution in [1.29, 1.82) is 0 Å². The van der Waals surface area contributed by atoms with E-state index < -0.39 is 0 Å². The zero-order valence-corrected chi connectivity index (χ0v) is 7.78. The molecule has 10 heavy (non-hydrogen) atoms. The third-order valence-electron chi connectivity index (χ3n) is 2.98. The summed E-state index contributed by atoms with van der Waals surface area (Å²) in [6, 6.07) is 0. The van der Waals surface area contributed by atoms with Crippen LogP contribution in [0.3, 0.4) is 0 Å². The first-order chi connectivity index (χ1) is 4.62. The van der Waals surface area contributed by atoms with E-state index in [0.29, 0.717) is 10.3 Å². The monoisotopic (exact) mass is 152 g/mol. The van der Waals surface area contributed by atoms with Crippen LogP contribution in [-0.2, 0) is 0 Å². The van der Waals surface area contributed by atoms with Crippen molar-refractivity contribution in [2.24, 2.45) is 0 Å². The lowest BCUT2D eigenvalue weighted by Crippen LogP contribution is -2.15. The van der Waals surface area contributed by atoms with Gasteiger partial charge in [-0.3, -0.25) is 0 Å². The minimum atomic E-state index is 0.526. The number of allylic oxidation sites excluding steroid dienone is 1. The third kappa shape index (κ3) is 0.529. The van der Waals surface area contributed by atoms with E-state index in [1.165, 1.54) is 6.42 Å². The van der Waals surface area contributed by atoms with E-state index in [-0.39, 0.29) is 0 Å². The minimum absolute atomic E-state index is 0.526. The molecular weight excluding hydrogens is 139 g/mol. The molecule has 0 bridgehead atoms. The van der Waals surface area contributed by atoms with Gasteiger partial charge in [0.25, 0.3) is 0 Å². The highest BCUT2D eigenvalue weighted by molar-refractivity contribution is 7.52. The van der Waals surface area contributed by atoms with E-state index in [1.54, 1.807) is 5.57 Å². The van der Waals surface area contributed by atoms with Crippen molar-refractivity contribution in [3.05, 3.63) is 17.4 Å². The lowest BCUT2D eigenvalue weighted by atomic mass is 9.93. The van der Waals surface area contributed by atoms with Crippen LogP contribution in [0.4, 0.5) is 0 Å². The Morgan fingerprint density at radius 2 is 2.30 bits per heavy atom. The van der Waals surface area contributed by atoms with E-state index in [4.69, 9.17) is 0 Å². The number of fused-ring (bicyclic) bond motifs is 1. The van der Waals surface area contributed by atoms with Crippen molar-refractivity contribution in [2.75, 3.05) is 0 Å². The third-order valence-corrected chi connectivity index (χ3v) is 5.21. The average Bonchev–Trinajstić information content (AvgIpc) is 2.30. The van der Waals surface area contributed by atoms with Gasteiger partial charge in [-0.15, -0.1) is 5.73 Å². The van der Waals surface area contributed by atoms with E-state index in [1.807, 2.05) is 0 Å². The molecule has 1 aliphatic carbocycles. The van der Waals surface area contributed by atoms with Crippen LogP contribution in [0, 0.1) is 0 Å². The molecule has 1 aliphatic heterocycles. The second-order valence-electron chi connectivity index (χ2n) is 3.57. The molecule has 1 fully saturated rings. The normalized spacial score (nSPS) is 51.3. The van der Waals surface area contributed by atoms with Gasteiger partial charge in [0.15, 0.2) is 0 Å². The molecule has 0 nitrogen and oxygen atoms in total. The summed E-state index contributed by atoms with van der Waals surface area (Å²) in [6.07, 6.45) is 3.47. The van der Waals surface area contributed by atoms with Gasteiger partial charge in [-0.1, -0.05) is 29.4 Å². The molecule has 2 rings (SSSR count). The quantitative estimate of drug-likeness (QED) is 0.400. The Labute approximate surface area is 64.2 Å². The molecule has 54 valence electrons. The highest BCUT2D eigenvalue weighted by Crippen LogP contribution is 2.75. The van der Waals surface area contributed by atoms with Crippen LogP contribution in [0.1, 0.15) is 27.2 Å². The summed E-state index contributed by atoms with van der Waals surface area (Å²) in [4.78, 5) is 0. The molecule has 3 atom stereocenters. The predicted octanol–water partition coefficient (Wildman–Crippen LogP) is 2.70. The first-order valence-corrected chi connectivity index (χ1v) is 4.89. The summed E-state index contributed by atoms with van der Waals surface area (Å²) in [7, 11) is 1.12. The first-order valence-electron chi connectivity index (χ1n) is 3.89. The zero-order chi connectivity index (χ0) is 7.41. The van der Waals surface area contributed by atoms with Crippen LogP contribution in [0.15, 0.2) is 17.4 Å². The van der Waals surface area contributed by atoms with Gasteiger partial charge in [0.2, 0.25) is 0 Å². The molecule has 0 aromatic rings. The van der Waals surface area contributed by atoms with Crippen LogP contribution in [0.2, 0.25) is 0 Å². The molecular formula is C9H13P. The fraction of sp³-hybridized carbons (Fsp3) is 0.667. The minimum Gasteiger partial charge on any atom is -0.124 e. The van der Waals surface area contributed by atoms with Crippen LogP contribution < -0.4 is 0 Å². The summed E-state index contributed by atoms with van der Waals surface area (Å²) in [5.74, 6) is 0. The standard InChI is InChI=1S/C9H13P/c1-4-7-5-6-8(2)9(7,3)10-8/h6,10H,4H2,1-3H3. The van der Waals surface area contributed by atoms with Crippen LogP contribution in [0.25, 0.3) is 0 Å². The summed E-state index contributed by atoms with van der Waals surface area (Å²) in [5.41, 5.74) is 4.93. The largest absolute Gasteiger partial charge is 0.124 e. The fourth-order valence-electron chi connectivity index (χ4n) is 1.89. The van der Waals surface area contributed by atoms with Crippen molar-refractivity contribution < 1.29 is 0 Å². The zero-order valence-electron chi connectivity index (χ0n) is 6.78. The smallest absolute Gasteiger partial charge is 0.0272 e. The Bertz CT molecular complexity index is 247. The fourth-order valence-corrected chi connectivity index (χ4v) is 3.63. The van der Waals surface area contributed by atoms with Gasteiger partial charge in [0.05, 0.1) is 0 Å². The van der Waals surface area contributed by atoms with Gasteiger partial charge in [0, 0.05) is 10.3 Å². The lowest BCUT2D eigenvalue weighted by Gasteiger charge is -2.09. The van der Waals surface area contributed by atoms with E-state index in [0.717, 1.165) is 8.58 Å². The van der Waals surface area contributed by atoms with E-state index in [2.05, 4.69) is 32.6 Å². The van der Waals surface area contributed by atoms with E-state index >= 15 is 0 Å². The second kappa shape index (κ2) is 1.58. The number of rotatable bonds is 1. The lowest BCUT2D eigenvalue weighted by molar-refractivity contribution is 0.728. The molecule has 2 aliphatic rings. The summed E-state index contributed by atoms with van der Waals surface area (Å²) < 4.78 is 0. The first kappa shape index (κ1) is 6.65. The molecule has 1 heterocycles. The molecule has 3 unspecified atom stereocenters. The predicted molar refractivity (Wildman–Crippen MR) is 47.0 cm³/mol. The van der Waals surface area contributed by atoms with Gasteiger partial charge in [-0.25, -0.2) is 0 Å². The SMILES string of the molecule is CCC1=C=CC2(C)PC12C. The topological polar surface area (TPSA) is 0 Å². The molecule has 0 aromatic heterocycles. The van der Waals surface area contributed by atoms with Gasteiger partial charge in [0.1, 0.15) is 0 Å². The van der Waals surface area contributed by atoms with Gasteiger partial charge >= 0.3 is 0 Å². The van der Waals surface area contributed by atoms with Crippen molar-refractivity contribution in [1.82, 2.24) is 0 Å². The Morgan fingerprint density at radius 3 is 2.50 bits per heavy atom. The summed E-state index contributed by atoms with van der Waals surface area (Å²) in [6.45, 7) is 6.96.